The van der Waals surface area contributed by atoms with Crippen molar-refractivity contribution in [3.05, 3.63) is 53.3 Å². The number of nitrogens with one attached hydrogen (secondary N) is 2. The zero-order valence-electron chi connectivity index (χ0n) is 16.3. The van der Waals surface area contributed by atoms with Gasteiger partial charge >= 0.3 is 0 Å². The van der Waals surface area contributed by atoms with E-state index in [1.807, 2.05) is 18.2 Å². The fraction of sp³-hybridized carbons (Fsp3) is 0.409. The van der Waals surface area contributed by atoms with Crippen LogP contribution in [0.2, 0.25) is 0 Å². The molecule has 1 fully saturated rings. The molecule has 1 aliphatic carbocycles. The summed E-state index contributed by atoms with van der Waals surface area (Å²) in [6, 6.07) is 8.90. The van der Waals surface area contributed by atoms with Crippen LogP contribution in [-0.4, -0.2) is 29.6 Å². The zero-order valence-corrected chi connectivity index (χ0v) is 16.3. The van der Waals surface area contributed by atoms with Crippen LogP contribution in [0.4, 0.5) is 0 Å². The number of aromatic nitrogens is 1. The standard InChI is InChI=1S/C22H25N3O4/c26-21(24-13-15-7-8-19-20(11-15)29-14-28-19)16-9-10-23-18(12-16)22(27)25-17-5-3-1-2-4-6-17/h7-12,17H,1-6,13-14H2,(H,24,26)(H,25,27). The van der Waals surface area contributed by atoms with Gasteiger partial charge in [-0.1, -0.05) is 31.7 Å². The maximum atomic E-state index is 12.6. The number of amides is 2. The van der Waals surface area contributed by atoms with E-state index in [0.717, 1.165) is 31.2 Å². The Morgan fingerprint density at radius 1 is 0.966 bits per heavy atom. The fourth-order valence-corrected chi connectivity index (χ4v) is 3.71. The maximum Gasteiger partial charge on any atom is 0.270 e. The van der Waals surface area contributed by atoms with Gasteiger partial charge in [-0.2, -0.15) is 0 Å². The Balaban J connectivity index is 1.36. The van der Waals surface area contributed by atoms with Crippen molar-refractivity contribution in [2.24, 2.45) is 0 Å². The Kier molecular flexibility index (Phi) is 5.93. The van der Waals surface area contributed by atoms with Gasteiger partial charge in [-0.15, -0.1) is 0 Å². The van der Waals surface area contributed by atoms with Gasteiger partial charge in [0, 0.05) is 24.3 Å². The van der Waals surface area contributed by atoms with Crippen LogP contribution in [0.15, 0.2) is 36.5 Å². The monoisotopic (exact) mass is 395 g/mol. The Labute approximate surface area is 169 Å². The molecule has 0 radical (unpaired) electrons. The predicted octanol–water partition coefficient (Wildman–Crippen LogP) is 3.19. The summed E-state index contributed by atoms with van der Waals surface area (Å²) in [5.74, 6) is 0.910. The minimum Gasteiger partial charge on any atom is -0.454 e. The quantitative estimate of drug-likeness (QED) is 0.759. The van der Waals surface area contributed by atoms with E-state index in [0.29, 0.717) is 23.6 Å². The second-order valence-electron chi connectivity index (χ2n) is 7.46. The third-order valence-corrected chi connectivity index (χ3v) is 5.34. The Morgan fingerprint density at radius 2 is 1.76 bits per heavy atom. The van der Waals surface area contributed by atoms with E-state index < -0.39 is 0 Å². The van der Waals surface area contributed by atoms with Gasteiger partial charge in [-0.25, -0.2) is 0 Å². The molecule has 1 aromatic carbocycles. The molecule has 2 N–H and O–H groups in total. The zero-order chi connectivity index (χ0) is 20.1. The van der Waals surface area contributed by atoms with Gasteiger partial charge < -0.3 is 20.1 Å². The normalized spacial score (nSPS) is 16.1. The minimum absolute atomic E-state index is 0.190. The molecule has 7 heteroatoms. The summed E-state index contributed by atoms with van der Waals surface area (Å²) in [5, 5.41) is 5.93. The number of carbonyl (C=O) groups is 2. The molecule has 2 aliphatic rings. The van der Waals surface area contributed by atoms with Gasteiger partial charge in [-0.3, -0.25) is 14.6 Å². The van der Waals surface area contributed by atoms with Crippen molar-refractivity contribution in [1.82, 2.24) is 15.6 Å². The first-order valence-corrected chi connectivity index (χ1v) is 10.1. The second kappa shape index (κ2) is 8.94. The summed E-state index contributed by atoms with van der Waals surface area (Å²) in [4.78, 5) is 29.2. The molecule has 0 spiro atoms. The lowest BCUT2D eigenvalue weighted by Gasteiger charge is -2.16. The SMILES string of the molecule is O=C(NCc1ccc2c(c1)OCO2)c1ccnc(C(=O)NC2CCCCCC2)c1. The summed E-state index contributed by atoms with van der Waals surface area (Å²) in [7, 11) is 0. The molecule has 152 valence electrons. The van der Waals surface area contributed by atoms with E-state index in [2.05, 4.69) is 15.6 Å². The number of benzene rings is 1. The van der Waals surface area contributed by atoms with Crippen molar-refractivity contribution in [3.8, 4) is 11.5 Å². The lowest BCUT2D eigenvalue weighted by molar-refractivity contribution is 0.0928. The number of hydrogen-bond acceptors (Lipinski definition) is 5. The highest BCUT2D eigenvalue weighted by Gasteiger charge is 2.18. The van der Waals surface area contributed by atoms with E-state index in [9.17, 15) is 9.59 Å². The van der Waals surface area contributed by atoms with Gasteiger partial charge in [0.1, 0.15) is 5.69 Å². The molecular formula is C22H25N3O4. The highest BCUT2D eigenvalue weighted by atomic mass is 16.7. The molecule has 0 bridgehead atoms. The number of pyridine rings is 1. The smallest absolute Gasteiger partial charge is 0.270 e. The van der Waals surface area contributed by atoms with E-state index >= 15 is 0 Å². The van der Waals surface area contributed by atoms with Crippen LogP contribution in [0, 0.1) is 0 Å². The lowest BCUT2D eigenvalue weighted by Crippen LogP contribution is -2.35. The number of ether oxygens (including phenoxy) is 2. The molecule has 2 heterocycles. The third-order valence-electron chi connectivity index (χ3n) is 5.34. The van der Waals surface area contributed by atoms with Crippen molar-refractivity contribution in [3.63, 3.8) is 0 Å². The number of rotatable bonds is 5. The van der Waals surface area contributed by atoms with Crippen molar-refractivity contribution in [1.29, 1.82) is 0 Å². The van der Waals surface area contributed by atoms with Crippen molar-refractivity contribution in [2.75, 3.05) is 6.79 Å². The molecule has 2 amide bonds. The number of hydrogen-bond donors (Lipinski definition) is 2. The van der Waals surface area contributed by atoms with E-state index in [-0.39, 0.29) is 30.3 Å². The van der Waals surface area contributed by atoms with Crippen LogP contribution in [-0.2, 0) is 6.54 Å². The van der Waals surface area contributed by atoms with Crippen molar-refractivity contribution >= 4 is 11.8 Å². The summed E-state index contributed by atoms with van der Waals surface area (Å²) < 4.78 is 10.6. The molecule has 0 atom stereocenters. The van der Waals surface area contributed by atoms with Crippen LogP contribution in [0.5, 0.6) is 11.5 Å². The van der Waals surface area contributed by atoms with Gasteiger partial charge in [0.2, 0.25) is 6.79 Å². The molecule has 1 aromatic heterocycles. The minimum atomic E-state index is -0.256. The first-order chi connectivity index (χ1) is 14.2. The number of carbonyl (C=O) groups excluding carboxylic acids is 2. The van der Waals surface area contributed by atoms with Crippen LogP contribution >= 0.6 is 0 Å². The van der Waals surface area contributed by atoms with Crippen molar-refractivity contribution < 1.29 is 19.1 Å². The largest absolute Gasteiger partial charge is 0.454 e. The second-order valence-corrected chi connectivity index (χ2v) is 7.46. The fourth-order valence-electron chi connectivity index (χ4n) is 3.71. The summed E-state index contributed by atoms with van der Waals surface area (Å²) in [6.45, 7) is 0.565. The third kappa shape index (κ3) is 4.85. The van der Waals surface area contributed by atoms with Crippen LogP contribution in [0.1, 0.15) is 64.9 Å². The van der Waals surface area contributed by atoms with E-state index in [1.54, 1.807) is 12.1 Å². The maximum absolute atomic E-state index is 12.6. The Bertz CT molecular complexity index is 891. The van der Waals surface area contributed by atoms with Crippen molar-refractivity contribution in [2.45, 2.75) is 51.1 Å². The molecular weight excluding hydrogens is 370 g/mol. The molecule has 0 saturated heterocycles. The average Bonchev–Trinajstić information content (AvgIpc) is 3.07. The van der Waals surface area contributed by atoms with Crippen LogP contribution in [0.3, 0.4) is 0 Å². The first kappa shape index (κ1) is 19.2. The van der Waals surface area contributed by atoms with Gasteiger partial charge in [0.05, 0.1) is 0 Å². The highest BCUT2D eigenvalue weighted by molar-refractivity contribution is 5.98. The van der Waals surface area contributed by atoms with E-state index in [4.69, 9.17) is 9.47 Å². The molecule has 1 aliphatic heterocycles. The molecule has 7 nitrogen and oxygen atoms in total. The highest BCUT2D eigenvalue weighted by Crippen LogP contribution is 2.32. The average molecular weight is 395 g/mol. The topological polar surface area (TPSA) is 89.6 Å². The van der Waals surface area contributed by atoms with Gasteiger partial charge in [0.25, 0.3) is 11.8 Å². The van der Waals surface area contributed by atoms with E-state index in [1.165, 1.54) is 19.0 Å². The predicted molar refractivity (Wildman–Crippen MR) is 107 cm³/mol. The molecule has 1 saturated carbocycles. The Hall–Kier alpha value is -3.09. The lowest BCUT2D eigenvalue weighted by atomic mass is 10.1. The molecule has 0 unspecified atom stereocenters. The Morgan fingerprint density at radius 3 is 2.59 bits per heavy atom. The van der Waals surface area contributed by atoms with Gasteiger partial charge in [-0.05, 0) is 42.7 Å². The molecule has 4 rings (SSSR count). The summed E-state index contributed by atoms with van der Waals surface area (Å²) >= 11 is 0. The summed E-state index contributed by atoms with van der Waals surface area (Å²) in [6.07, 6.45) is 8.23. The molecule has 2 aromatic rings. The summed E-state index contributed by atoms with van der Waals surface area (Å²) in [5.41, 5.74) is 1.58. The number of nitrogens with zero attached hydrogens (tertiary/aromatic N) is 1. The van der Waals surface area contributed by atoms with Crippen LogP contribution < -0.4 is 20.1 Å². The molecule has 29 heavy (non-hydrogen) atoms. The van der Waals surface area contributed by atoms with Crippen LogP contribution in [0.25, 0.3) is 0 Å². The number of fused-ring (bicyclic) bond motifs is 1. The van der Waals surface area contributed by atoms with Gasteiger partial charge in [0.15, 0.2) is 11.5 Å². The first-order valence-electron chi connectivity index (χ1n) is 10.1.